The second-order valence-electron chi connectivity index (χ2n) is 4.63. The SMILES string of the molecule is C[C@@H](NCc1ccc(CO)cc1)c1cccc(F)c1. The third-order valence-corrected chi connectivity index (χ3v) is 3.17. The van der Waals surface area contributed by atoms with Gasteiger partial charge in [-0.1, -0.05) is 36.4 Å². The molecule has 2 rings (SSSR count). The van der Waals surface area contributed by atoms with E-state index in [1.807, 2.05) is 37.3 Å². The normalized spacial score (nSPS) is 12.4. The Kier molecular flexibility index (Phi) is 4.66. The van der Waals surface area contributed by atoms with Crippen molar-refractivity contribution in [3.8, 4) is 0 Å². The molecule has 0 amide bonds. The summed E-state index contributed by atoms with van der Waals surface area (Å²) in [6, 6.07) is 14.5. The minimum absolute atomic E-state index is 0.0629. The van der Waals surface area contributed by atoms with E-state index >= 15 is 0 Å². The Morgan fingerprint density at radius 3 is 2.42 bits per heavy atom. The van der Waals surface area contributed by atoms with Crippen LogP contribution in [-0.4, -0.2) is 5.11 Å². The summed E-state index contributed by atoms with van der Waals surface area (Å²) >= 11 is 0. The monoisotopic (exact) mass is 259 g/mol. The van der Waals surface area contributed by atoms with Crippen LogP contribution in [0.5, 0.6) is 0 Å². The van der Waals surface area contributed by atoms with E-state index in [1.54, 1.807) is 12.1 Å². The van der Waals surface area contributed by atoms with Gasteiger partial charge in [0.2, 0.25) is 0 Å². The first-order chi connectivity index (χ1) is 9.19. The molecular weight excluding hydrogens is 241 g/mol. The van der Waals surface area contributed by atoms with E-state index < -0.39 is 0 Å². The minimum Gasteiger partial charge on any atom is -0.392 e. The zero-order chi connectivity index (χ0) is 13.7. The lowest BCUT2D eigenvalue weighted by Crippen LogP contribution is -2.18. The quantitative estimate of drug-likeness (QED) is 0.864. The molecule has 3 heteroatoms. The number of aliphatic hydroxyl groups is 1. The Morgan fingerprint density at radius 2 is 1.79 bits per heavy atom. The van der Waals surface area contributed by atoms with Crippen LogP contribution in [0, 0.1) is 5.82 Å². The van der Waals surface area contributed by atoms with E-state index in [0.29, 0.717) is 6.54 Å². The number of hydrogen-bond acceptors (Lipinski definition) is 2. The van der Waals surface area contributed by atoms with Crippen molar-refractivity contribution in [3.63, 3.8) is 0 Å². The molecule has 19 heavy (non-hydrogen) atoms. The lowest BCUT2D eigenvalue weighted by Gasteiger charge is -2.14. The summed E-state index contributed by atoms with van der Waals surface area (Å²) in [7, 11) is 0. The summed E-state index contributed by atoms with van der Waals surface area (Å²) in [6.07, 6.45) is 0. The maximum Gasteiger partial charge on any atom is 0.123 e. The van der Waals surface area contributed by atoms with Gasteiger partial charge in [0.1, 0.15) is 5.82 Å². The molecule has 0 bridgehead atoms. The molecule has 2 aromatic rings. The smallest absolute Gasteiger partial charge is 0.123 e. The van der Waals surface area contributed by atoms with Gasteiger partial charge >= 0.3 is 0 Å². The molecule has 0 aromatic heterocycles. The largest absolute Gasteiger partial charge is 0.392 e. The summed E-state index contributed by atoms with van der Waals surface area (Å²) in [5.41, 5.74) is 2.98. The van der Waals surface area contributed by atoms with E-state index in [1.165, 1.54) is 6.07 Å². The van der Waals surface area contributed by atoms with Crippen LogP contribution >= 0.6 is 0 Å². The molecule has 0 aliphatic heterocycles. The molecule has 100 valence electrons. The van der Waals surface area contributed by atoms with Gasteiger partial charge in [0.25, 0.3) is 0 Å². The van der Waals surface area contributed by atoms with Crippen LogP contribution in [0.2, 0.25) is 0 Å². The number of aliphatic hydroxyl groups excluding tert-OH is 1. The maximum atomic E-state index is 13.1. The zero-order valence-corrected chi connectivity index (χ0v) is 10.9. The highest BCUT2D eigenvalue weighted by molar-refractivity contribution is 5.23. The van der Waals surface area contributed by atoms with Crippen LogP contribution in [0.3, 0.4) is 0 Å². The van der Waals surface area contributed by atoms with Crippen molar-refractivity contribution in [1.82, 2.24) is 5.32 Å². The molecular formula is C16H18FNO. The van der Waals surface area contributed by atoms with Gasteiger partial charge in [0, 0.05) is 12.6 Å². The van der Waals surface area contributed by atoms with Crippen molar-refractivity contribution in [3.05, 3.63) is 71.0 Å². The van der Waals surface area contributed by atoms with Crippen molar-refractivity contribution < 1.29 is 9.50 Å². The Balaban J connectivity index is 1.94. The maximum absolute atomic E-state index is 13.1. The molecule has 0 aliphatic rings. The van der Waals surface area contributed by atoms with Gasteiger partial charge in [-0.2, -0.15) is 0 Å². The fraction of sp³-hybridized carbons (Fsp3) is 0.250. The van der Waals surface area contributed by atoms with Crippen molar-refractivity contribution in [2.75, 3.05) is 0 Å². The number of benzene rings is 2. The van der Waals surface area contributed by atoms with E-state index in [0.717, 1.165) is 16.7 Å². The predicted molar refractivity (Wildman–Crippen MR) is 74.0 cm³/mol. The average Bonchev–Trinajstić information content (AvgIpc) is 2.45. The van der Waals surface area contributed by atoms with E-state index in [2.05, 4.69) is 5.32 Å². The van der Waals surface area contributed by atoms with E-state index in [9.17, 15) is 4.39 Å². The molecule has 0 saturated heterocycles. The number of nitrogens with one attached hydrogen (secondary N) is 1. The summed E-state index contributed by atoms with van der Waals surface area (Å²) in [5, 5.41) is 12.3. The highest BCUT2D eigenvalue weighted by atomic mass is 19.1. The molecule has 1 atom stereocenters. The first-order valence-corrected chi connectivity index (χ1v) is 6.36. The number of hydrogen-bond donors (Lipinski definition) is 2. The van der Waals surface area contributed by atoms with Gasteiger partial charge in [-0.3, -0.25) is 0 Å². The lowest BCUT2D eigenvalue weighted by molar-refractivity contribution is 0.282. The zero-order valence-electron chi connectivity index (χ0n) is 10.9. The second kappa shape index (κ2) is 6.45. The van der Waals surface area contributed by atoms with Gasteiger partial charge < -0.3 is 10.4 Å². The van der Waals surface area contributed by atoms with Crippen LogP contribution in [0.25, 0.3) is 0 Å². The number of rotatable bonds is 5. The average molecular weight is 259 g/mol. The van der Waals surface area contributed by atoms with Gasteiger partial charge in [0.05, 0.1) is 6.61 Å². The standard InChI is InChI=1S/C16H18FNO/c1-12(15-3-2-4-16(17)9-15)18-10-13-5-7-14(11-19)8-6-13/h2-9,12,18-19H,10-11H2,1H3/t12-/m1/s1. The van der Waals surface area contributed by atoms with Gasteiger partial charge in [0.15, 0.2) is 0 Å². The van der Waals surface area contributed by atoms with Gasteiger partial charge in [-0.05, 0) is 35.7 Å². The Morgan fingerprint density at radius 1 is 1.11 bits per heavy atom. The lowest BCUT2D eigenvalue weighted by atomic mass is 10.1. The molecule has 0 heterocycles. The van der Waals surface area contributed by atoms with Gasteiger partial charge in [-0.25, -0.2) is 4.39 Å². The van der Waals surface area contributed by atoms with Crippen LogP contribution < -0.4 is 5.32 Å². The summed E-state index contributed by atoms with van der Waals surface area (Å²) in [6.45, 7) is 2.79. The van der Waals surface area contributed by atoms with Crippen LogP contribution in [0.4, 0.5) is 4.39 Å². The fourth-order valence-electron chi connectivity index (χ4n) is 1.93. The number of halogens is 1. The van der Waals surface area contributed by atoms with E-state index in [4.69, 9.17) is 5.11 Å². The Hall–Kier alpha value is -1.71. The van der Waals surface area contributed by atoms with Crippen molar-refractivity contribution in [1.29, 1.82) is 0 Å². The van der Waals surface area contributed by atoms with Crippen LogP contribution in [0.15, 0.2) is 48.5 Å². The predicted octanol–water partition coefficient (Wildman–Crippen LogP) is 3.17. The molecule has 0 aliphatic carbocycles. The first kappa shape index (κ1) is 13.7. The molecule has 0 fully saturated rings. The highest BCUT2D eigenvalue weighted by Gasteiger charge is 2.05. The molecule has 0 unspecified atom stereocenters. The first-order valence-electron chi connectivity index (χ1n) is 6.36. The molecule has 2 aromatic carbocycles. The van der Waals surface area contributed by atoms with Crippen LogP contribution in [0.1, 0.15) is 29.7 Å². The molecule has 2 nitrogen and oxygen atoms in total. The van der Waals surface area contributed by atoms with Crippen molar-refractivity contribution in [2.24, 2.45) is 0 Å². The third-order valence-electron chi connectivity index (χ3n) is 3.17. The minimum atomic E-state index is -0.210. The van der Waals surface area contributed by atoms with Crippen molar-refractivity contribution in [2.45, 2.75) is 26.1 Å². The molecule has 0 saturated carbocycles. The summed E-state index contributed by atoms with van der Waals surface area (Å²) < 4.78 is 13.1. The summed E-state index contributed by atoms with van der Waals surface area (Å²) in [4.78, 5) is 0. The van der Waals surface area contributed by atoms with Crippen molar-refractivity contribution >= 4 is 0 Å². The topological polar surface area (TPSA) is 32.3 Å². The van der Waals surface area contributed by atoms with Gasteiger partial charge in [-0.15, -0.1) is 0 Å². The molecule has 0 radical (unpaired) electrons. The Bertz CT molecular complexity index is 525. The van der Waals surface area contributed by atoms with E-state index in [-0.39, 0.29) is 18.5 Å². The summed E-state index contributed by atoms with van der Waals surface area (Å²) in [5.74, 6) is -0.210. The second-order valence-corrected chi connectivity index (χ2v) is 4.63. The third kappa shape index (κ3) is 3.88. The molecule has 2 N–H and O–H groups in total. The highest BCUT2D eigenvalue weighted by Crippen LogP contribution is 2.14. The van der Waals surface area contributed by atoms with Crippen LogP contribution in [-0.2, 0) is 13.2 Å². The Labute approximate surface area is 112 Å². The molecule has 0 spiro atoms. The fourth-order valence-corrected chi connectivity index (χ4v) is 1.93.